The number of rotatable bonds is 2. The molecule has 3 aromatic rings. The molecule has 0 N–H and O–H groups in total. The minimum absolute atomic E-state index is 0.0928. The van der Waals surface area contributed by atoms with Crippen molar-refractivity contribution in [3.63, 3.8) is 0 Å². The number of hydrogen-bond acceptors (Lipinski definition) is 4. The summed E-state index contributed by atoms with van der Waals surface area (Å²) in [5.41, 5.74) is 4.04. The van der Waals surface area contributed by atoms with Crippen molar-refractivity contribution in [2.24, 2.45) is 0 Å². The highest BCUT2D eigenvalue weighted by Gasteiger charge is 2.26. The Balaban J connectivity index is 1.45. The molecule has 0 atom stereocenters. The number of aryl methyl sites for hydroxylation is 2. The first-order valence-corrected chi connectivity index (χ1v) is 9.51. The summed E-state index contributed by atoms with van der Waals surface area (Å²) < 4.78 is 13.4. The number of nitrogens with zero attached hydrogens (tertiary/aromatic N) is 4. The van der Waals surface area contributed by atoms with E-state index in [1.165, 1.54) is 18.2 Å². The van der Waals surface area contributed by atoms with Gasteiger partial charge in [-0.3, -0.25) is 9.59 Å². The van der Waals surface area contributed by atoms with Crippen molar-refractivity contribution in [1.29, 1.82) is 0 Å². The molecule has 0 spiro atoms. The lowest BCUT2D eigenvalue weighted by Crippen LogP contribution is -2.50. The van der Waals surface area contributed by atoms with E-state index in [-0.39, 0.29) is 11.8 Å². The van der Waals surface area contributed by atoms with E-state index in [1.807, 2.05) is 19.9 Å². The molecule has 2 heterocycles. The van der Waals surface area contributed by atoms with Gasteiger partial charge in [-0.1, -0.05) is 6.07 Å². The van der Waals surface area contributed by atoms with Crippen LogP contribution in [0.4, 0.5) is 4.39 Å². The lowest BCUT2D eigenvalue weighted by atomic mass is 10.1. The largest absolute Gasteiger partial charge is 0.335 e. The highest BCUT2D eigenvalue weighted by atomic mass is 19.1. The average Bonchev–Trinajstić information content (AvgIpc) is 2.73. The van der Waals surface area contributed by atoms with Crippen molar-refractivity contribution in [3.05, 3.63) is 70.8 Å². The van der Waals surface area contributed by atoms with Gasteiger partial charge in [-0.25, -0.2) is 14.4 Å². The Morgan fingerprint density at radius 1 is 0.793 bits per heavy atom. The maximum atomic E-state index is 13.4. The van der Waals surface area contributed by atoms with Gasteiger partial charge >= 0.3 is 0 Å². The SMILES string of the molecule is Cc1nc2ccc(C(=O)N3CCN(C(=O)c4cccc(F)c4)CC3)cc2nc1C. The van der Waals surface area contributed by atoms with Gasteiger partial charge in [0, 0.05) is 37.3 Å². The molecule has 7 heteroatoms. The van der Waals surface area contributed by atoms with Gasteiger partial charge in [-0.2, -0.15) is 0 Å². The van der Waals surface area contributed by atoms with E-state index in [9.17, 15) is 14.0 Å². The molecule has 29 heavy (non-hydrogen) atoms. The van der Waals surface area contributed by atoms with Gasteiger partial charge in [0.15, 0.2) is 0 Å². The number of piperazine rings is 1. The first-order valence-electron chi connectivity index (χ1n) is 9.51. The molecule has 0 radical (unpaired) electrons. The molecule has 2 amide bonds. The molecule has 4 rings (SSSR count). The third-order valence-electron chi connectivity index (χ3n) is 5.25. The molecule has 0 unspecified atom stereocenters. The summed E-state index contributed by atoms with van der Waals surface area (Å²) in [4.78, 5) is 37.8. The first-order chi connectivity index (χ1) is 13.9. The highest BCUT2D eigenvalue weighted by molar-refractivity contribution is 5.98. The Kier molecular flexibility index (Phi) is 4.96. The second kappa shape index (κ2) is 7.58. The van der Waals surface area contributed by atoms with Gasteiger partial charge in [0.2, 0.25) is 0 Å². The fraction of sp³-hybridized carbons (Fsp3) is 0.273. The van der Waals surface area contributed by atoms with Gasteiger partial charge in [0.05, 0.1) is 22.4 Å². The van der Waals surface area contributed by atoms with Crippen LogP contribution in [0.3, 0.4) is 0 Å². The summed E-state index contributed by atoms with van der Waals surface area (Å²) in [6, 6.07) is 11.0. The number of benzene rings is 2. The predicted octanol–water partition coefficient (Wildman–Crippen LogP) is 2.98. The van der Waals surface area contributed by atoms with Crippen molar-refractivity contribution in [1.82, 2.24) is 19.8 Å². The van der Waals surface area contributed by atoms with Crippen LogP contribution in [0, 0.1) is 19.7 Å². The molecule has 6 nitrogen and oxygen atoms in total. The van der Waals surface area contributed by atoms with E-state index < -0.39 is 5.82 Å². The molecule has 1 fully saturated rings. The lowest BCUT2D eigenvalue weighted by molar-refractivity contribution is 0.0535. The Bertz CT molecular complexity index is 1110. The first kappa shape index (κ1) is 19.0. The lowest BCUT2D eigenvalue weighted by Gasteiger charge is -2.35. The number of amides is 2. The third-order valence-corrected chi connectivity index (χ3v) is 5.25. The van der Waals surface area contributed by atoms with E-state index in [1.54, 1.807) is 28.0 Å². The number of hydrogen-bond donors (Lipinski definition) is 0. The van der Waals surface area contributed by atoms with Gasteiger partial charge in [0.25, 0.3) is 11.8 Å². The van der Waals surface area contributed by atoms with Crippen LogP contribution in [0.25, 0.3) is 11.0 Å². The Morgan fingerprint density at radius 3 is 1.93 bits per heavy atom. The molecule has 0 aliphatic carbocycles. The minimum Gasteiger partial charge on any atom is -0.335 e. The summed E-state index contributed by atoms with van der Waals surface area (Å²) in [6.45, 7) is 5.48. The zero-order valence-corrected chi connectivity index (χ0v) is 16.4. The van der Waals surface area contributed by atoms with Crippen LogP contribution in [0.15, 0.2) is 42.5 Å². The van der Waals surface area contributed by atoms with Crippen LogP contribution in [0.5, 0.6) is 0 Å². The molecular weight excluding hydrogens is 371 g/mol. The quantitative estimate of drug-likeness (QED) is 0.673. The van der Waals surface area contributed by atoms with Crippen molar-refractivity contribution in [2.75, 3.05) is 26.2 Å². The standard InChI is InChI=1S/C22H21FN4O2/c1-14-15(2)25-20-13-17(6-7-19(20)24-14)22(29)27-10-8-26(9-11-27)21(28)16-4-3-5-18(23)12-16/h3-7,12-13H,8-11H2,1-2H3. The van der Waals surface area contributed by atoms with E-state index in [2.05, 4.69) is 9.97 Å². The van der Waals surface area contributed by atoms with Gasteiger partial charge in [0.1, 0.15) is 5.82 Å². The van der Waals surface area contributed by atoms with E-state index in [0.717, 1.165) is 16.9 Å². The number of carbonyl (C=O) groups excluding carboxylic acids is 2. The van der Waals surface area contributed by atoms with Crippen molar-refractivity contribution < 1.29 is 14.0 Å². The average molecular weight is 392 g/mol. The minimum atomic E-state index is -0.436. The molecule has 148 valence electrons. The van der Waals surface area contributed by atoms with Gasteiger partial charge in [-0.05, 0) is 50.2 Å². The summed E-state index contributed by atoms with van der Waals surface area (Å²) in [6.07, 6.45) is 0. The van der Waals surface area contributed by atoms with Crippen LogP contribution in [-0.4, -0.2) is 57.8 Å². The Morgan fingerprint density at radius 2 is 1.34 bits per heavy atom. The van der Waals surface area contributed by atoms with Crippen molar-refractivity contribution >= 4 is 22.8 Å². The van der Waals surface area contributed by atoms with Crippen LogP contribution in [0.1, 0.15) is 32.1 Å². The summed E-state index contributed by atoms with van der Waals surface area (Å²) in [5, 5.41) is 0. The van der Waals surface area contributed by atoms with Crippen LogP contribution >= 0.6 is 0 Å². The van der Waals surface area contributed by atoms with Crippen molar-refractivity contribution in [2.45, 2.75) is 13.8 Å². The third kappa shape index (κ3) is 3.81. The molecule has 1 aliphatic heterocycles. The number of halogens is 1. The molecule has 1 saturated heterocycles. The molecule has 1 aliphatic rings. The molecule has 1 aromatic heterocycles. The molecule has 2 aromatic carbocycles. The zero-order chi connectivity index (χ0) is 20.5. The summed E-state index contributed by atoms with van der Waals surface area (Å²) in [7, 11) is 0. The van der Waals surface area contributed by atoms with Gasteiger partial charge in [-0.15, -0.1) is 0 Å². The molecular formula is C22H21FN4O2. The number of fused-ring (bicyclic) bond motifs is 1. The maximum absolute atomic E-state index is 13.4. The van der Waals surface area contributed by atoms with Crippen LogP contribution in [-0.2, 0) is 0 Å². The topological polar surface area (TPSA) is 66.4 Å². The van der Waals surface area contributed by atoms with Crippen LogP contribution < -0.4 is 0 Å². The van der Waals surface area contributed by atoms with E-state index in [0.29, 0.717) is 42.8 Å². The number of aromatic nitrogens is 2. The Labute approximate surface area is 168 Å². The second-order valence-corrected chi connectivity index (χ2v) is 7.19. The zero-order valence-electron chi connectivity index (χ0n) is 16.4. The maximum Gasteiger partial charge on any atom is 0.254 e. The van der Waals surface area contributed by atoms with Crippen molar-refractivity contribution in [3.8, 4) is 0 Å². The molecule has 0 saturated carbocycles. The highest BCUT2D eigenvalue weighted by Crippen LogP contribution is 2.17. The smallest absolute Gasteiger partial charge is 0.254 e. The monoisotopic (exact) mass is 392 g/mol. The predicted molar refractivity (Wildman–Crippen MR) is 107 cm³/mol. The summed E-state index contributed by atoms with van der Waals surface area (Å²) in [5.74, 6) is -0.747. The fourth-order valence-corrected chi connectivity index (χ4v) is 3.46. The van der Waals surface area contributed by atoms with Gasteiger partial charge < -0.3 is 9.80 Å². The second-order valence-electron chi connectivity index (χ2n) is 7.19. The normalized spacial score (nSPS) is 14.3. The molecule has 0 bridgehead atoms. The van der Waals surface area contributed by atoms with Crippen LogP contribution in [0.2, 0.25) is 0 Å². The van der Waals surface area contributed by atoms with E-state index >= 15 is 0 Å². The number of carbonyl (C=O) groups is 2. The fourth-order valence-electron chi connectivity index (χ4n) is 3.46. The Hall–Kier alpha value is -3.35. The van der Waals surface area contributed by atoms with E-state index in [4.69, 9.17) is 0 Å². The summed E-state index contributed by atoms with van der Waals surface area (Å²) >= 11 is 0.